The molecule has 0 bridgehead atoms. The van der Waals surface area contributed by atoms with Crippen LogP contribution in [-0.4, -0.2) is 9.67 Å². The summed E-state index contributed by atoms with van der Waals surface area (Å²) in [5, 5.41) is 8.48. The van der Waals surface area contributed by atoms with Gasteiger partial charge < -0.3 is 5.11 Å². The molecule has 3 heteroatoms. The highest BCUT2D eigenvalue weighted by Crippen LogP contribution is 1.77. The molecule has 0 radical (unpaired) electrons. The number of pyridine rings is 1. The van der Waals surface area contributed by atoms with Crippen LogP contribution in [0, 0.1) is 0 Å². The molecule has 0 aliphatic carbocycles. The summed E-state index contributed by atoms with van der Waals surface area (Å²) in [4.78, 5) is 10.7. The predicted molar refractivity (Wildman–Crippen MR) is 32.9 cm³/mol. The smallest absolute Gasteiger partial charge is 0.252 e. The van der Waals surface area contributed by atoms with Crippen LogP contribution in [0.3, 0.4) is 0 Å². The molecule has 1 N–H and O–H groups in total. The van der Waals surface area contributed by atoms with Crippen molar-refractivity contribution in [3.05, 3.63) is 34.7 Å². The second kappa shape index (κ2) is 2.46. The number of aromatic nitrogens is 1. The van der Waals surface area contributed by atoms with Crippen molar-refractivity contribution < 1.29 is 5.11 Å². The summed E-state index contributed by atoms with van der Waals surface area (Å²) in [5.41, 5.74) is -0.181. The number of nitrogens with zero attached hydrogens (tertiary/aromatic N) is 1. The standard InChI is InChI=1S/C6H7NO2/c8-5-7-4-2-1-3-6(7)9/h1-4,8H,5H2. The molecule has 0 spiro atoms. The van der Waals surface area contributed by atoms with Crippen molar-refractivity contribution in [1.82, 2.24) is 4.57 Å². The van der Waals surface area contributed by atoms with Crippen LogP contribution in [0.4, 0.5) is 0 Å². The molecule has 1 aromatic rings. The van der Waals surface area contributed by atoms with Gasteiger partial charge in [0.15, 0.2) is 0 Å². The largest absolute Gasteiger partial charge is 0.376 e. The normalized spacial score (nSPS) is 9.44. The van der Waals surface area contributed by atoms with Crippen molar-refractivity contribution in [2.45, 2.75) is 6.73 Å². The Morgan fingerprint density at radius 2 is 2.33 bits per heavy atom. The molecule has 0 aliphatic rings. The van der Waals surface area contributed by atoms with Gasteiger partial charge in [-0.15, -0.1) is 0 Å². The summed E-state index contributed by atoms with van der Waals surface area (Å²) in [6.07, 6.45) is 1.53. The first-order valence-corrected chi connectivity index (χ1v) is 2.61. The van der Waals surface area contributed by atoms with Crippen LogP contribution in [0.25, 0.3) is 0 Å². The first-order chi connectivity index (χ1) is 4.34. The summed E-state index contributed by atoms with van der Waals surface area (Å²) in [7, 11) is 0. The van der Waals surface area contributed by atoms with E-state index < -0.39 is 0 Å². The van der Waals surface area contributed by atoms with Gasteiger partial charge in [0.1, 0.15) is 6.73 Å². The molecule has 3 nitrogen and oxygen atoms in total. The van der Waals surface area contributed by atoms with E-state index in [0.29, 0.717) is 0 Å². The molecular formula is C6H7NO2. The van der Waals surface area contributed by atoms with Gasteiger partial charge in [0.2, 0.25) is 0 Å². The van der Waals surface area contributed by atoms with Crippen LogP contribution in [-0.2, 0) is 6.73 Å². The van der Waals surface area contributed by atoms with E-state index in [2.05, 4.69) is 0 Å². The lowest BCUT2D eigenvalue weighted by molar-refractivity contribution is 0.206. The minimum absolute atomic E-state index is 0.181. The highest BCUT2D eigenvalue weighted by atomic mass is 16.3. The number of rotatable bonds is 1. The fraction of sp³-hybridized carbons (Fsp3) is 0.167. The van der Waals surface area contributed by atoms with E-state index in [4.69, 9.17) is 5.11 Å². The third-order valence-corrected chi connectivity index (χ3v) is 1.05. The summed E-state index contributed by atoms with van der Waals surface area (Å²) in [5.74, 6) is 0. The van der Waals surface area contributed by atoms with Crippen LogP contribution < -0.4 is 5.56 Å². The molecule has 0 atom stereocenters. The Balaban J connectivity index is 3.16. The topological polar surface area (TPSA) is 42.2 Å². The van der Waals surface area contributed by atoms with Gasteiger partial charge in [0.05, 0.1) is 0 Å². The molecule has 0 saturated carbocycles. The average molecular weight is 125 g/mol. The minimum Gasteiger partial charge on any atom is -0.376 e. The van der Waals surface area contributed by atoms with Gasteiger partial charge in [-0.2, -0.15) is 0 Å². The molecule has 48 valence electrons. The molecule has 0 aliphatic heterocycles. The lowest BCUT2D eigenvalue weighted by Gasteiger charge is -1.95. The van der Waals surface area contributed by atoms with Crippen LogP contribution >= 0.6 is 0 Å². The molecule has 1 heterocycles. The Morgan fingerprint density at radius 3 is 2.78 bits per heavy atom. The number of hydrogen-bond acceptors (Lipinski definition) is 2. The lowest BCUT2D eigenvalue weighted by Crippen LogP contribution is -2.16. The maximum atomic E-state index is 10.7. The summed E-state index contributed by atoms with van der Waals surface area (Å²) in [6, 6.07) is 4.72. The van der Waals surface area contributed by atoms with Gasteiger partial charge in [-0.25, -0.2) is 0 Å². The van der Waals surface area contributed by atoms with Crippen molar-refractivity contribution in [1.29, 1.82) is 0 Å². The minimum atomic E-state index is -0.250. The summed E-state index contributed by atoms with van der Waals surface area (Å²) >= 11 is 0. The first kappa shape index (κ1) is 6.04. The van der Waals surface area contributed by atoms with Crippen molar-refractivity contribution in [2.75, 3.05) is 0 Å². The molecule has 0 saturated heterocycles. The predicted octanol–water partition coefficient (Wildman–Crippen LogP) is -0.202. The van der Waals surface area contributed by atoms with Crippen LogP contribution in [0.5, 0.6) is 0 Å². The number of aliphatic hydroxyl groups is 1. The van der Waals surface area contributed by atoms with Gasteiger partial charge in [-0.05, 0) is 6.07 Å². The van der Waals surface area contributed by atoms with E-state index in [1.807, 2.05) is 0 Å². The monoisotopic (exact) mass is 125 g/mol. The third kappa shape index (κ3) is 1.17. The Labute approximate surface area is 52.2 Å². The summed E-state index contributed by atoms with van der Waals surface area (Å²) in [6.45, 7) is -0.250. The van der Waals surface area contributed by atoms with Crippen molar-refractivity contribution in [3.63, 3.8) is 0 Å². The van der Waals surface area contributed by atoms with Crippen LogP contribution in [0.1, 0.15) is 0 Å². The fourth-order valence-corrected chi connectivity index (χ4v) is 0.577. The van der Waals surface area contributed by atoms with Gasteiger partial charge in [-0.1, -0.05) is 6.07 Å². The van der Waals surface area contributed by atoms with E-state index in [-0.39, 0.29) is 12.3 Å². The molecule has 0 fully saturated rings. The third-order valence-electron chi connectivity index (χ3n) is 1.05. The quantitative estimate of drug-likeness (QED) is 0.564. The molecule has 0 unspecified atom stereocenters. The highest BCUT2D eigenvalue weighted by molar-refractivity contribution is 4.92. The van der Waals surface area contributed by atoms with Crippen molar-refractivity contribution in [2.24, 2.45) is 0 Å². The van der Waals surface area contributed by atoms with E-state index in [1.54, 1.807) is 12.1 Å². The molecule has 0 aromatic carbocycles. The van der Waals surface area contributed by atoms with Crippen LogP contribution in [0.15, 0.2) is 29.2 Å². The van der Waals surface area contributed by atoms with Gasteiger partial charge in [-0.3, -0.25) is 9.36 Å². The van der Waals surface area contributed by atoms with E-state index in [9.17, 15) is 4.79 Å². The maximum Gasteiger partial charge on any atom is 0.252 e. The van der Waals surface area contributed by atoms with Crippen LogP contribution in [0.2, 0.25) is 0 Å². The number of aliphatic hydroxyl groups excluding tert-OH is 1. The molecule has 9 heavy (non-hydrogen) atoms. The Morgan fingerprint density at radius 1 is 1.56 bits per heavy atom. The molecule has 1 rings (SSSR count). The second-order valence-corrected chi connectivity index (χ2v) is 1.65. The maximum absolute atomic E-state index is 10.7. The first-order valence-electron chi connectivity index (χ1n) is 2.61. The average Bonchev–Trinajstić information content (AvgIpc) is 1.89. The molecule has 1 aromatic heterocycles. The Hall–Kier alpha value is -1.09. The second-order valence-electron chi connectivity index (χ2n) is 1.65. The van der Waals surface area contributed by atoms with E-state index >= 15 is 0 Å². The zero-order chi connectivity index (χ0) is 6.69. The van der Waals surface area contributed by atoms with Crippen molar-refractivity contribution >= 4 is 0 Å². The molecular weight excluding hydrogens is 118 g/mol. The Kier molecular flexibility index (Phi) is 1.65. The summed E-state index contributed by atoms with van der Waals surface area (Å²) < 4.78 is 1.21. The van der Waals surface area contributed by atoms with Gasteiger partial charge >= 0.3 is 0 Å². The zero-order valence-electron chi connectivity index (χ0n) is 4.82. The zero-order valence-corrected chi connectivity index (χ0v) is 4.82. The highest BCUT2D eigenvalue weighted by Gasteiger charge is 1.85. The van der Waals surface area contributed by atoms with Gasteiger partial charge in [0.25, 0.3) is 5.56 Å². The fourth-order valence-electron chi connectivity index (χ4n) is 0.577. The number of hydrogen-bond donors (Lipinski definition) is 1. The Bertz CT molecular complexity index is 241. The van der Waals surface area contributed by atoms with Gasteiger partial charge in [0, 0.05) is 12.3 Å². The lowest BCUT2D eigenvalue weighted by atomic mass is 10.5. The molecule has 0 amide bonds. The van der Waals surface area contributed by atoms with E-state index in [0.717, 1.165) is 0 Å². The van der Waals surface area contributed by atoms with E-state index in [1.165, 1.54) is 16.8 Å². The SMILES string of the molecule is O=c1ccccn1CO. The van der Waals surface area contributed by atoms with Crippen molar-refractivity contribution in [3.8, 4) is 0 Å².